The predicted octanol–water partition coefficient (Wildman–Crippen LogP) is 9.44. The normalized spacial score (nSPS) is 11.1. The maximum atomic E-state index is 3.91. The molecule has 0 fully saturated rings. The molecule has 0 unspecified atom stereocenters. The fraction of sp³-hybridized carbons (Fsp3) is 0.759. The number of aromatic nitrogens is 1. The van der Waals surface area contributed by atoms with Gasteiger partial charge in [-0.25, -0.2) is 0 Å². The monoisotopic (exact) mass is 414 g/mol. The molecule has 0 aromatic carbocycles. The van der Waals surface area contributed by atoms with E-state index in [1.807, 2.05) is 6.08 Å². The Labute approximate surface area is 189 Å². The highest BCUT2D eigenvalue weighted by atomic mass is 14.9. The molecule has 0 aliphatic heterocycles. The van der Waals surface area contributed by atoms with Crippen LogP contribution in [0.1, 0.15) is 141 Å². The summed E-state index contributed by atoms with van der Waals surface area (Å²) < 4.78 is 2.32. The number of hydrogen-bond acceptors (Lipinski definition) is 0. The van der Waals surface area contributed by atoms with Crippen LogP contribution in [-0.2, 0) is 6.54 Å². The Hall–Kier alpha value is -1.11. The standard InChI is InChI=1S/C29H52N/c1-3-5-6-7-8-9-10-11-12-13-14-15-16-17-18-19-20-21-22-24-27-30-28-25-23-26-29(30)4-2/h4,23,25-26,28H,2-3,5-22,24,27H2,1H3/q+1. The van der Waals surface area contributed by atoms with Crippen LogP contribution in [0.4, 0.5) is 0 Å². The number of aryl methyl sites for hydroxylation is 1. The van der Waals surface area contributed by atoms with Crippen molar-refractivity contribution in [3.63, 3.8) is 0 Å². The van der Waals surface area contributed by atoms with Crippen LogP contribution in [0.5, 0.6) is 0 Å². The van der Waals surface area contributed by atoms with Gasteiger partial charge in [-0.3, -0.25) is 0 Å². The number of pyridine rings is 1. The molecule has 0 aliphatic rings. The summed E-state index contributed by atoms with van der Waals surface area (Å²) in [5, 5.41) is 0. The van der Waals surface area contributed by atoms with Crippen molar-refractivity contribution in [1.82, 2.24) is 0 Å². The van der Waals surface area contributed by atoms with E-state index in [0.717, 1.165) is 6.54 Å². The number of hydrogen-bond donors (Lipinski definition) is 0. The molecule has 1 heterocycles. The van der Waals surface area contributed by atoms with Crippen molar-refractivity contribution in [2.24, 2.45) is 0 Å². The highest BCUT2D eigenvalue weighted by molar-refractivity contribution is 5.36. The molecule has 0 radical (unpaired) electrons. The molecule has 0 atom stereocenters. The van der Waals surface area contributed by atoms with E-state index in [2.05, 4.69) is 42.5 Å². The van der Waals surface area contributed by atoms with Gasteiger partial charge in [0.25, 0.3) is 0 Å². The van der Waals surface area contributed by atoms with Gasteiger partial charge in [-0.2, -0.15) is 4.57 Å². The molecule has 0 N–H and O–H groups in total. The topological polar surface area (TPSA) is 3.88 Å². The van der Waals surface area contributed by atoms with Gasteiger partial charge < -0.3 is 0 Å². The van der Waals surface area contributed by atoms with Crippen molar-refractivity contribution in [2.75, 3.05) is 0 Å². The minimum absolute atomic E-state index is 1.13. The van der Waals surface area contributed by atoms with Crippen LogP contribution < -0.4 is 4.57 Å². The SMILES string of the molecule is C=Cc1cccc[n+]1CCCCCCCCCCCCCCCCCCCCCC. The summed E-state index contributed by atoms with van der Waals surface area (Å²) in [6, 6.07) is 6.34. The molecule has 30 heavy (non-hydrogen) atoms. The zero-order valence-electron chi connectivity index (χ0n) is 20.4. The van der Waals surface area contributed by atoms with Crippen LogP contribution in [0.2, 0.25) is 0 Å². The highest BCUT2D eigenvalue weighted by Gasteiger charge is 2.04. The van der Waals surface area contributed by atoms with E-state index in [1.165, 1.54) is 134 Å². The Morgan fingerprint density at radius 2 is 1.00 bits per heavy atom. The van der Waals surface area contributed by atoms with E-state index in [1.54, 1.807) is 0 Å². The Bertz CT molecular complexity index is 493. The lowest BCUT2D eigenvalue weighted by atomic mass is 10.0. The largest absolute Gasteiger partial charge is 0.204 e. The number of nitrogens with zero attached hydrogens (tertiary/aromatic N) is 1. The molecular weight excluding hydrogens is 362 g/mol. The van der Waals surface area contributed by atoms with Crippen molar-refractivity contribution in [2.45, 2.75) is 142 Å². The molecule has 1 aromatic rings. The van der Waals surface area contributed by atoms with Gasteiger partial charge in [-0.15, -0.1) is 0 Å². The van der Waals surface area contributed by atoms with Crippen LogP contribution in [-0.4, -0.2) is 0 Å². The van der Waals surface area contributed by atoms with E-state index in [9.17, 15) is 0 Å². The molecule has 1 aromatic heterocycles. The second-order valence-corrected chi connectivity index (χ2v) is 9.24. The van der Waals surface area contributed by atoms with Gasteiger partial charge >= 0.3 is 0 Å². The van der Waals surface area contributed by atoms with E-state index in [-0.39, 0.29) is 0 Å². The number of rotatable bonds is 22. The molecule has 0 spiro atoms. The second kappa shape index (κ2) is 21.1. The summed E-state index contributed by atoms with van der Waals surface area (Å²) in [5.74, 6) is 0. The Morgan fingerprint density at radius 1 is 0.600 bits per heavy atom. The fourth-order valence-corrected chi connectivity index (χ4v) is 4.42. The quantitative estimate of drug-likeness (QED) is 0.131. The molecule has 0 bridgehead atoms. The highest BCUT2D eigenvalue weighted by Crippen LogP contribution is 2.14. The minimum atomic E-state index is 1.13. The van der Waals surface area contributed by atoms with E-state index >= 15 is 0 Å². The summed E-state index contributed by atoms with van der Waals surface area (Å²) in [6.45, 7) is 7.33. The van der Waals surface area contributed by atoms with Gasteiger partial charge in [0, 0.05) is 24.6 Å². The zero-order chi connectivity index (χ0) is 21.5. The van der Waals surface area contributed by atoms with Crippen LogP contribution in [0.25, 0.3) is 6.08 Å². The van der Waals surface area contributed by atoms with Crippen LogP contribution in [0.3, 0.4) is 0 Å². The summed E-state index contributed by atoms with van der Waals surface area (Å²) in [5.41, 5.74) is 1.23. The van der Waals surface area contributed by atoms with Crippen molar-refractivity contribution in [1.29, 1.82) is 0 Å². The average molecular weight is 415 g/mol. The van der Waals surface area contributed by atoms with Crippen LogP contribution >= 0.6 is 0 Å². The third-order valence-electron chi connectivity index (χ3n) is 6.44. The van der Waals surface area contributed by atoms with E-state index < -0.39 is 0 Å². The molecule has 1 heteroatoms. The summed E-state index contributed by atoms with van der Waals surface area (Å²) in [7, 11) is 0. The lowest BCUT2D eigenvalue weighted by Crippen LogP contribution is -2.36. The van der Waals surface area contributed by atoms with Crippen molar-refractivity contribution >= 4 is 6.08 Å². The van der Waals surface area contributed by atoms with Gasteiger partial charge in [-0.05, 0) is 12.5 Å². The molecule has 0 amide bonds. The van der Waals surface area contributed by atoms with Gasteiger partial charge in [0.2, 0.25) is 5.69 Å². The third kappa shape index (κ3) is 15.7. The number of unbranched alkanes of at least 4 members (excludes halogenated alkanes) is 19. The first-order chi connectivity index (χ1) is 14.9. The lowest BCUT2D eigenvalue weighted by Gasteiger charge is -2.04. The Morgan fingerprint density at radius 3 is 1.40 bits per heavy atom. The molecule has 0 saturated carbocycles. The average Bonchev–Trinajstić information content (AvgIpc) is 2.78. The minimum Gasteiger partial charge on any atom is -0.199 e. The molecular formula is C29H52N+. The second-order valence-electron chi connectivity index (χ2n) is 9.24. The first kappa shape index (κ1) is 26.9. The summed E-state index contributed by atoms with van der Waals surface area (Å²) in [6.07, 6.45) is 32.9. The maximum Gasteiger partial charge on any atom is 0.204 e. The Balaban J connectivity index is 1.74. The smallest absolute Gasteiger partial charge is 0.199 e. The van der Waals surface area contributed by atoms with E-state index in [4.69, 9.17) is 0 Å². The predicted molar refractivity (Wildman–Crippen MR) is 135 cm³/mol. The molecule has 0 saturated heterocycles. The van der Waals surface area contributed by atoms with Crippen molar-refractivity contribution < 1.29 is 4.57 Å². The van der Waals surface area contributed by atoms with Gasteiger partial charge in [0.15, 0.2) is 6.20 Å². The van der Waals surface area contributed by atoms with Gasteiger partial charge in [-0.1, -0.05) is 129 Å². The van der Waals surface area contributed by atoms with Crippen molar-refractivity contribution in [3.8, 4) is 0 Å². The van der Waals surface area contributed by atoms with Crippen molar-refractivity contribution in [3.05, 3.63) is 36.7 Å². The zero-order valence-corrected chi connectivity index (χ0v) is 20.4. The fourth-order valence-electron chi connectivity index (χ4n) is 4.42. The van der Waals surface area contributed by atoms with Gasteiger partial charge in [0.05, 0.1) is 0 Å². The first-order valence-corrected chi connectivity index (χ1v) is 13.5. The van der Waals surface area contributed by atoms with Crippen LogP contribution in [0.15, 0.2) is 31.0 Å². The molecule has 1 rings (SSSR count). The lowest BCUT2D eigenvalue weighted by molar-refractivity contribution is -0.699. The molecule has 0 aliphatic carbocycles. The van der Waals surface area contributed by atoms with E-state index in [0.29, 0.717) is 0 Å². The molecule has 172 valence electrons. The summed E-state index contributed by atoms with van der Waals surface area (Å²) >= 11 is 0. The molecule has 1 nitrogen and oxygen atoms in total. The van der Waals surface area contributed by atoms with Crippen LogP contribution in [0, 0.1) is 0 Å². The Kier molecular flexibility index (Phi) is 19.0. The summed E-state index contributed by atoms with van der Waals surface area (Å²) in [4.78, 5) is 0. The third-order valence-corrected chi connectivity index (χ3v) is 6.44. The first-order valence-electron chi connectivity index (χ1n) is 13.5. The maximum absolute atomic E-state index is 3.91. The van der Waals surface area contributed by atoms with Gasteiger partial charge in [0.1, 0.15) is 6.54 Å².